The zero-order valence-corrected chi connectivity index (χ0v) is 16.5. The second kappa shape index (κ2) is 7.05. The summed E-state index contributed by atoms with van der Waals surface area (Å²) in [6.07, 6.45) is 6.61. The summed E-state index contributed by atoms with van der Waals surface area (Å²) in [6, 6.07) is 3.21. The molecule has 3 aromatic heterocycles. The van der Waals surface area contributed by atoms with Crippen molar-refractivity contribution in [3.8, 4) is 17.0 Å². The predicted octanol–water partition coefficient (Wildman–Crippen LogP) is 3.15. The molecule has 0 saturated carbocycles. The smallest absolute Gasteiger partial charge is 0.240 e. The number of hydrogen-bond donors (Lipinski definition) is 0. The van der Waals surface area contributed by atoms with E-state index < -0.39 is 11.6 Å². The predicted molar refractivity (Wildman–Crippen MR) is 105 cm³/mol. The van der Waals surface area contributed by atoms with Crippen LogP contribution in [0.25, 0.3) is 16.8 Å². The van der Waals surface area contributed by atoms with Gasteiger partial charge in [0.05, 0.1) is 30.5 Å². The van der Waals surface area contributed by atoms with E-state index in [0.717, 1.165) is 29.7 Å². The van der Waals surface area contributed by atoms with Gasteiger partial charge in [-0.25, -0.2) is 18.3 Å². The van der Waals surface area contributed by atoms with Gasteiger partial charge in [0.15, 0.2) is 5.65 Å². The van der Waals surface area contributed by atoms with Crippen LogP contribution >= 0.6 is 0 Å². The summed E-state index contributed by atoms with van der Waals surface area (Å²) in [4.78, 5) is 11.0. The summed E-state index contributed by atoms with van der Waals surface area (Å²) in [5.41, 5.74) is 2.40. The fourth-order valence-corrected chi connectivity index (χ4v) is 4.01. The highest BCUT2D eigenvalue weighted by molar-refractivity contribution is 5.80. The van der Waals surface area contributed by atoms with Crippen LogP contribution in [0.2, 0.25) is 0 Å². The molecule has 0 aliphatic carbocycles. The quantitative estimate of drug-likeness (QED) is 0.514. The zero-order valence-electron chi connectivity index (χ0n) is 16.5. The molecule has 0 radical (unpaired) electrons. The van der Waals surface area contributed by atoms with Gasteiger partial charge in [0.25, 0.3) is 0 Å². The van der Waals surface area contributed by atoms with Crippen molar-refractivity contribution in [3.05, 3.63) is 54.1 Å². The molecular weight excluding hydrogens is 392 g/mol. The van der Waals surface area contributed by atoms with E-state index in [1.807, 2.05) is 11.1 Å². The van der Waals surface area contributed by atoms with E-state index in [0.29, 0.717) is 36.0 Å². The summed E-state index contributed by atoms with van der Waals surface area (Å²) in [7, 11) is 3.36. The molecule has 0 N–H and O–H groups in total. The van der Waals surface area contributed by atoms with Crippen molar-refractivity contribution in [1.29, 1.82) is 0 Å². The van der Waals surface area contributed by atoms with E-state index in [4.69, 9.17) is 9.72 Å². The van der Waals surface area contributed by atoms with Gasteiger partial charge in [0.1, 0.15) is 18.0 Å². The van der Waals surface area contributed by atoms with Crippen LogP contribution in [0, 0.1) is 11.6 Å². The molecule has 0 spiro atoms. The number of fused-ring (bicyclic) bond motifs is 1. The van der Waals surface area contributed by atoms with Crippen molar-refractivity contribution >= 4 is 11.6 Å². The van der Waals surface area contributed by atoms with Gasteiger partial charge in [0.2, 0.25) is 11.8 Å². The normalized spacial score (nSPS) is 16.5. The van der Waals surface area contributed by atoms with Crippen molar-refractivity contribution in [2.75, 3.05) is 18.6 Å². The molecule has 0 unspecified atom stereocenters. The molecule has 4 heterocycles. The monoisotopic (exact) mass is 411 g/mol. The second-order valence-corrected chi connectivity index (χ2v) is 7.23. The van der Waals surface area contributed by atoms with Crippen molar-refractivity contribution in [3.63, 3.8) is 0 Å². The maximum Gasteiger partial charge on any atom is 0.240 e. The van der Waals surface area contributed by atoms with Gasteiger partial charge >= 0.3 is 0 Å². The maximum atomic E-state index is 14.4. The third-order valence-corrected chi connectivity index (χ3v) is 5.36. The summed E-state index contributed by atoms with van der Waals surface area (Å²) >= 11 is 0. The Balaban J connectivity index is 1.59. The molecule has 4 aromatic rings. The number of halogens is 2. The van der Waals surface area contributed by atoms with Crippen molar-refractivity contribution < 1.29 is 13.5 Å². The highest BCUT2D eigenvalue weighted by atomic mass is 19.1. The Bertz CT molecular complexity index is 1240. The van der Waals surface area contributed by atoms with Gasteiger partial charge in [-0.1, -0.05) is 0 Å². The van der Waals surface area contributed by atoms with E-state index in [9.17, 15) is 8.78 Å². The third-order valence-electron chi connectivity index (χ3n) is 5.36. The Morgan fingerprint density at radius 2 is 2.07 bits per heavy atom. The molecule has 1 atom stereocenters. The van der Waals surface area contributed by atoms with Crippen LogP contribution in [0.4, 0.5) is 14.7 Å². The lowest BCUT2D eigenvalue weighted by Crippen LogP contribution is -2.25. The lowest BCUT2D eigenvalue weighted by Gasteiger charge is -2.25. The van der Waals surface area contributed by atoms with Crippen molar-refractivity contribution in [2.24, 2.45) is 7.05 Å². The molecule has 154 valence electrons. The molecule has 0 amide bonds. The standard InChI is InChI=1S/C20H19F2N7O/c1-27-10-15(19(26-27)30-2)14-9-24-29-11-23-20(25-18(14)29)28-7-3-4-17(28)13-8-12(21)5-6-16(13)22/h5-6,8-11,17H,3-4,7H2,1-2H3/t17-/m1/s1. The van der Waals surface area contributed by atoms with E-state index >= 15 is 0 Å². The molecule has 8 nitrogen and oxygen atoms in total. The summed E-state index contributed by atoms with van der Waals surface area (Å²) in [5.74, 6) is 0.0163. The molecule has 10 heteroatoms. The Kier molecular flexibility index (Phi) is 4.34. The van der Waals surface area contributed by atoms with E-state index in [1.54, 1.807) is 35.9 Å². The van der Waals surface area contributed by atoms with E-state index in [2.05, 4.69) is 15.2 Å². The number of rotatable bonds is 4. The topological polar surface area (TPSA) is 73.4 Å². The molecule has 30 heavy (non-hydrogen) atoms. The van der Waals surface area contributed by atoms with Crippen LogP contribution in [0.3, 0.4) is 0 Å². The van der Waals surface area contributed by atoms with Gasteiger partial charge in [0, 0.05) is 25.4 Å². The zero-order chi connectivity index (χ0) is 20.8. The molecule has 1 aliphatic heterocycles. The maximum absolute atomic E-state index is 14.4. The van der Waals surface area contributed by atoms with Gasteiger partial charge in [-0.3, -0.25) is 4.68 Å². The largest absolute Gasteiger partial charge is 0.479 e. The van der Waals surface area contributed by atoms with Crippen LogP contribution in [-0.4, -0.2) is 43.0 Å². The third kappa shape index (κ3) is 2.95. The lowest BCUT2D eigenvalue weighted by atomic mass is 10.0. The average Bonchev–Trinajstić information content (AvgIpc) is 3.46. The van der Waals surface area contributed by atoms with E-state index in [-0.39, 0.29) is 6.04 Å². The Morgan fingerprint density at radius 3 is 2.90 bits per heavy atom. The Morgan fingerprint density at radius 1 is 1.20 bits per heavy atom. The minimum Gasteiger partial charge on any atom is -0.479 e. The van der Waals surface area contributed by atoms with Crippen LogP contribution in [-0.2, 0) is 7.05 Å². The van der Waals surface area contributed by atoms with Crippen LogP contribution < -0.4 is 9.64 Å². The SMILES string of the molecule is COc1nn(C)cc1-c1cnn2cnc(N3CCC[C@@H]3c3cc(F)ccc3F)nc12. The molecule has 1 saturated heterocycles. The number of anilines is 1. The summed E-state index contributed by atoms with van der Waals surface area (Å²) in [5, 5.41) is 8.61. The molecule has 1 aliphatic rings. The fraction of sp³-hybridized carbons (Fsp3) is 0.300. The minimum atomic E-state index is -0.462. The van der Waals surface area contributed by atoms with Gasteiger partial charge < -0.3 is 9.64 Å². The van der Waals surface area contributed by atoms with E-state index in [1.165, 1.54) is 6.07 Å². The number of methoxy groups -OCH3 is 1. The van der Waals surface area contributed by atoms with Crippen molar-refractivity contribution in [1.82, 2.24) is 29.4 Å². The highest BCUT2D eigenvalue weighted by Gasteiger charge is 2.31. The number of aromatic nitrogens is 6. The number of hydrogen-bond acceptors (Lipinski definition) is 6. The number of benzene rings is 1. The van der Waals surface area contributed by atoms with Crippen LogP contribution in [0.5, 0.6) is 5.88 Å². The van der Waals surface area contributed by atoms with Crippen molar-refractivity contribution in [2.45, 2.75) is 18.9 Å². The Hall–Kier alpha value is -3.56. The molecular formula is C20H19F2N7O. The number of ether oxygens (including phenoxy) is 1. The molecule has 1 aromatic carbocycles. The lowest BCUT2D eigenvalue weighted by molar-refractivity contribution is 0.393. The minimum absolute atomic E-state index is 0.318. The van der Waals surface area contributed by atoms with Gasteiger partial charge in [-0.2, -0.15) is 10.1 Å². The average molecular weight is 411 g/mol. The second-order valence-electron chi connectivity index (χ2n) is 7.23. The molecule has 0 bridgehead atoms. The van der Waals surface area contributed by atoms with Crippen LogP contribution in [0.1, 0.15) is 24.4 Å². The first-order valence-electron chi connectivity index (χ1n) is 9.55. The summed E-state index contributed by atoms with van der Waals surface area (Å²) in [6.45, 7) is 0.649. The highest BCUT2D eigenvalue weighted by Crippen LogP contribution is 2.37. The van der Waals surface area contributed by atoms with Gasteiger partial charge in [-0.05, 0) is 31.0 Å². The molecule has 5 rings (SSSR count). The molecule has 1 fully saturated rings. The first kappa shape index (κ1) is 18.5. The van der Waals surface area contributed by atoms with Crippen LogP contribution in [0.15, 0.2) is 36.9 Å². The number of nitrogens with zero attached hydrogens (tertiary/aromatic N) is 7. The first-order valence-corrected chi connectivity index (χ1v) is 9.55. The summed E-state index contributed by atoms with van der Waals surface area (Å²) < 4.78 is 36.8. The Labute approximate surface area is 170 Å². The first-order chi connectivity index (χ1) is 14.5. The fourth-order valence-electron chi connectivity index (χ4n) is 4.01. The number of aryl methyl sites for hydroxylation is 1. The van der Waals surface area contributed by atoms with Gasteiger partial charge in [-0.15, -0.1) is 5.10 Å².